The van der Waals surface area contributed by atoms with E-state index in [4.69, 9.17) is 10.5 Å². The number of hydrogen-bond acceptors (Lipinski definition) is 5. The fraction of sp³-hybridized carbons (Fsp3) is 0.333. The first-order valence-electron chi connectivity index (χ1n) is 7.08. The van der Waals surface area contributed by atoms with E-state index >= 15 is 0 Å². The van der Waals surface area contributed by atoms with Crippen LogP contribution in [0.25, 0.3) is 10.9 Å². The molecule has 8 heteroatoms. The molecule has 1 aromatic carbocycles. The zero-order chi connectivity index (χ0) is 17.1. The number of carbonyl (C=O) groups is 1. The molecular weight excluding hydrogens is 316 g/mol. The highest BCUT2D eigenvalue weighted by atomic mass is 32.1. The van der Waals surface area contributed by atoms with Crippen LogP contribution in [0, 0.1) is 6.92 Å². The van der Waals surface area contributed by atoms with Crippen LogP contribution in [0.1, 0.15) is 25.5 Å². The Morgan fingerprint density at radius 2 is 2.22 bits per heavy atom. The number of hydrogen-bond donors (Lipinski definition) is 2. The van der Waals surface area contributed by atoms with Gasteiger partial charge in [-0.25, -0.2) is 4.79 Å². The van der Waals surface area contributed by atoms with E-state index in [0.29, 0.717) is 10.9 Å². The van der Waals surface area contributed by atoms with Gasteiger partial charge in [0.1, 0.15) is 6.04 Å². The number of carbonyl (C=O) groups excluding carboxylic acids is 1. The zero-order valence-electron chi connectivity index (χ0n) is 13.1. The van der Waals surface area contributed by atoms with Gasteiger partial charge in [-0.05, 0) is 45.1 Å². The van der Waals surface area contributed by atoms with Gasteiger partial charge in [-0.3, -0.25) is 4.57 Å². The molecule has 0 aliphatic carbocycles. The summed E-state index contributed by atoms with van der Waals surface area (Å²) in [6.45, 7) is 5.54. The highest BCUT2D eigenvalue weighted by Crippen LogP contribution is 2.41. The van der Waals surface area contributed by atoms with Crippen molar-refractivity contribution < 1.29 is 14.6 Å². The van der Waals surface area contributed by atoms with Gasteiger partial charge in [-0.15, -0.1) is 10.2 Å². The molecule has 23 heavy (non-hydrogen) atoms. The molecule has 0 amide bonds. The lowest BCUT2D eigenvalue weighted by Gasteiger charge is -2.14. The summed E-state index contributed by atoms with van der Waals surface area (Å²) in [5.74, 6) is -0.635. The monoisotopic (exact) mass is 334 g/mol. The number of ether oxygens (including phenoxy) is 1. The Balaban J connectivity index is 2.68. The number of aryl methyl sites for hydroxylation is 1. The average Bonchev–Trinajstić information content (AvgIpc) is 2.75. The second-order valence-corrected chi connectivity index (χ2v) is 5.45. The fourth-order valence-electron chi connectivity index (χ4n) is 2.36. The average molecular weight is 334 g/mol. The number of azo groups is 1. The number of thiocarbonyl (C=S) groups is 1. The van der Waals surface area contributed by atoms with Crippen molar-refractivity contribution in [2.45, 2.75) is 26.8 Å². The maximum absolute atomic E-state index is 12.0. The van der Waals surface area contributed by atoms with Gasteiger partial charge in [0.05, 0.1) is 12.1 Å². The molecule has 0 unspecified atom stereocenters. The Hall–Kier alpha value is -2.48. The van der Waals surface area contributed by atoms with Crippen LogP contribution < -0.4 is 5.73 Å². The minimum absolute atomic E-state index is 0.142. The van der Waals surface area contributed by atoms with Gasteiger partial charge >= 0.3 is 5.97 Å². The lowest BCUT2D eigenvalue weighted by Crippen LogP contribution is -2.18. The van der Waals surface area contributed by atoms with Crippen molar-refractivity contribution in [3.63, 3.8) is 0 Å². The largest absolute Gasteiger partial charge is 0.493 e. The van der Waals surface area contributed by atoms with E-state index in [1.54, 1.807) is 19.9 Å². The van der Waals surface area contributed by atoms with Crippen molar-refractivity contribution in [2.75, 3.05) is 6.61 Å². The first-order chi connectivity index (χ1) is 10.9. The summed E-state index contributed by atoms with van der Waals surface area (Å²) in [4.78, 5) is 12.0. The van der Waals surface area contributed by atoms with Crippen molar-refractivity contribution >= 4 is 39.9 Å². The van der Waals surface area contributed by atoms with Crippen LogP contribution in [0.2, 0.25) is 0 Å². The number of aromatic hydroxyl groups is 1. The molecule has 0 fully saturated rings. The molecule has 2 aromatic rings. The minimum atomic E-state index is -0.714. The number of aromatic nitrogens is 1. The van der Waals surface area contributed by atoms with Gasteiger partial charge < -0.3 is 15.6 Å². The Kier molecular flexibility index (Phi) is 4.95. The molecule has 0 saturated carbocycles. The third-order valence-electron chi connectivity index (χ3n) is 3.37. The normalized spacial score (nSPS) is 12.7. The fourth-order valence-corrected chi connectivity index (χ4v) is 2.40. The van der Waals surface area contributed by atoms with Gasteiger partial charge in [-0.2, -0.15) is 0 Å². The molecule has 7 nitrogen and oxygen atoms in total. The van der Waals surface area contributed by atoms with Crippen molar-refractivity contribution in [1.82, 2.24) is 4.57 Å². The highest BCUT2D eigenvalue weighted by Gasteiger charge is 2.25. The number of esters is 1. The van der Waals surface area contributed by atoms with Gasteiger partial charge in [0.15, 0.2) is 5.69 Å². The van der Waals surface area contributed by atoms with Gasteiger partial charge in [0.25, 0.3) is 0 Å². The van der Waals surface area contributed by atoms with E-state index in [-0.39, 0.29) is 23.3 Å². The third kappa shape index (κ3) is 3.31. The number of rotatable bonds is 4. The third-order valence-corrected chi connectivity index (χ3v) is 3.45. The number of fused-ring (bicyclic) bond motifs is 1. The maximum atomic E-state index is 12.0. The Bertz CT molecular complexity index is 798. The van der Waals surface area contributed by atoms with E-state index in [2.05, 4.69) is 22.4 Å². The van der Waals surface area contributed by atoms with E-state index in [1.807, 2.05) is 19.1 Å². The molecule has 1 aromatic heterocycles. The zero-order valence-corrected chi connectivity index (χ0v) is 13.9. The molecule has 2 rings (SSSR count). The first kappa shape index (κ1) is 16.9. The molecule has 0 aliphatic rings. The van der Waals surface area contributed by atoms with Crippen LogP contribution in [0.15, 0.2) is 28.4 Å². The van der Waals surface area contributed by atoms with Crippen LogP contribution >= 0.6 is 12.2 Å². The lowest BCUT2D eigenvalue weighted by molar-refractivity contribution is -0.146. The summed E-state index contributed by atoms with van der Waals surface area (Å²) < 4.78 is 6.49. The Morgan fingerprint density at radius 3 is 2.83 bits per heavy atom. The van der Waals surface area contributed by atoms with Crippen LogP contribution in [-0.2, 0) is 9.53 Å². The van der Waals surface area contributed by atoms with Crippen LogP contribution in [0.3, 0.4) is 0 Å². The van der Waals surface area contributed by atoms with Crippen LogP contribution in [-0.4, -0.2) is 27.4 Å². The molecule has 0 radical (unpaired) electrons. The lowest BCUT2D eigenvalue weighted by atomic mass is 10.1. The van der Waals surface area contributed by atoms with Crippen molar-refractivity contribution in [2.24, 2.45) is 16.0 Å². The van der Waals surface area contributed by atoms with Crippen molar-refractivity contribution in [1.29, 1.82) is 0 Å². The highest BCUT2D eigenvalue weighted by molar-refractivity contribution is 7.80. The van der Waals surface area contributed by atoms with E-state index in [9.17, 15) is 9.90 Å². The van der Waals surface area contributed by atoms with E-state index < -0.39 is 12.0 Å². The predicted molar refractivity (Wildman–Crippen MR) is 91.0 cm³/mol. The minimum Gasteiger partial charge on any atom is -0.493 e. The second-order valence-electron chi connectivity index (χ2n) is 5.03. The Morgan fingerprint density at radius 1 is 1.52 bits per heavy atom. The molecule has 0 aliphatic heterocycles. The van der Waals surface area contributed by atoms with E-state index in [1.165, 1.54) is 4.57 Å². The van der Waals surface area contributed by atoms with Gasteiger partial charge in [0.2, 0.25) is 11.0 Å². The van der Waals surface area contributed by atoms with Crippen molar-refractivity contribution in [3.05, 3.63) is 23.8 Å². The van der Waals surface area contributed by atoms with Crippen LogP contribution in [0.5, 0.6) is 5.88 Å². The molecule has 0 bridgehead atoms. The molecule has 1 heterocycles. The molecular formula is C15H18N4O3S. The predicted octanol–water partition coefficient (Wildman–Crippen LogP) is 3.11. The number of nitrogens with zero attached hydrogens (tertiary/aromatic N) is 3. The Labute approximate surface area is 138 Å². The molecule has 122 valence electrons. The van der Waals surface area contributed by atoms with Gasteiger partial charge in [-0.1, -0.05) is 11.6 Å². The summed E-state index contributed by atoms with van der Waals surface area (Å²) in [6.07, 6.45) is 0. The molecule has 0 spiro atoms. The molecule has 0 saturated heterocycles. The molecule has 3 N–H and O–H groups in total. The maximum Gasteiger partial charge on any atom is 0.328 e. The van der Waals surface area contributed by atoms with Gasteiger partial charge in [0, 0.05) is 5.39 Å². The summed E-state index contributed by atoms with van der Waals surface area (Å²) in [5.41, 5.74) is 7.16. The van der Waals surface area contributed by atoms with Crippen molar-refractivity contribution in [3.8, 4) is 5.88 Å². The SMILES string of the molecule is CCOC(=O)[C@@H](C)n1c(O)c(N=NC(N)=S)c2cc(C)ccc21. The first-order valence-corrected chi connectivity index (χ1v) is 7.49. The summed E-state index contributed by atoms with van der Waals surface area (Å²) >= 11 is 4.68. The van der Waals surface area contributed by atoms with Crippen LogP contribution in [0.4, 0.5) is 5.69 Å². The number of nitrogens with two attached hydrogens (primary N) is 1. The topological polar surface area (TPSA) is 102 Å². The quantitative estimate of drug-likeness (QED) is 0.508. The summed E-state index contributed by atoms with van der Waals surface area (Å²) in [6, 6.07) is 4.82. The van der Waals surface area contributed by atoms with E-state index in [0.717, 1.165) is 5.56 Å². The second kappa shape index (κ2) is 6.74. The molecule has 1 atom stereocenters. The standard InChI is InChI=1S/C15H18N4O3S/c1-4-22-14(21)9(3)19-11-6-5-8(2)7-10(11)12(13(19)20)17-18-15(16)23/h5-7,9,20H,4H2,1-3H3,(H2,16,23)/t9-/m1/s1. The number of benzene rings is 1. The summed E-state index contributed by atoms with van der Waals surface area (Å²) in [7, 11) is 0. The smallest absolute Gasteiger partial charge is 0.328 e. The summed E-state index contributed by atoms with van der Waals surface area (Å²) in [5, 5.41) is 18.6.